The Kier molecular flexibility index (Phi) is 4.23. The third kappa shape index (κ3) is 3.12. The summed E-state index contributed by atoms with van der Waals surface area (Å²) >= 11 is 5.93. The number of sulfonamides is 1. The highest BCUT2D eigenvalue weighted by Crippen LogP contribution is 2.33. The van der Waals surface area contributed by atoms with Gasteiger partial charge in [0.25, 0.3) is 0 Å². The molecular formula is C14H20ClNO2S. The van der Waals surface area contributed by atoms with E-state index in [9.17, 15) is 8.42 Å². The molecule has 1 aliphatic rings. The molecule has 0 aromatic heterocycles. The van der Waals surface area contributed by atoms with Crippen molar-refractivity contribution in [2.45, 2.75) is 37.0 Å². The summed E-state index contributed by atoms with van der Waals surface area (Å²) in [6.45, 7) is 4.46. The van der Waals surface area contributed by atoms with E-state index in [1.54, 1.807) is 19.2 Å². The predicted molar refractivity (Wildman–Crippen MR) is 78.1 cm³/mol. The minimum Gasteiger partial charge on any atom is -0.207 e. The van der Waals surface area contributed by atoms with Gasteiger partial charge in [-0.15, -0.1) is 11.6 Å². The van der Waals surface area contributed by atoms with Crippen molar-refractivity contribution in [3.63, 3.8) is 0 Å². The number of halogens is 1. The highest BCUT2D eigenvalue weighted by atomic mass is 35.5. The zero-order valence-electron chi connectivity index (χ0n) is 11.6. The summed E-state index contributed by atoms with van der Waals surface area (Å²) in [5.41, 5.74) is 2.10. The van der Waals surface area contributed by atoms with Gasteiger partial charge >= 0.3 is 0 Å². The summed E-state index contributed by atoms with van der Waals surface area (Å²) in [5, 5.41) is 0.225. The summed E-state index contributed by atoms with van der Waals surface area (Å²) in [4.78, 5) is 0.375. The molecule has 5 heteroatoms. The van der Waals surface area contributed by atoms with Crippen molar-refractivity contribution in [3.05, 3.63) is 29.3 Å². The molecule has 0 saturated heterocycles. The fourth-order valence-corrected chi connectivity index (χ4v) is 4.16. The first-order valence-corrected chi connectivity index (χ1v) is 8.36. The molecule has 0 spiro atoms. The molecule has 1 saturated carbocycles. The van der Waals surface area contributed by atoms with E-state index in [0.29, 0.717) is 17.4 Å². The van der Waals surface area contributed by atoms with Crippen LogP contribution in [0.5, 0.6) is 0 Å². The Hall–Kier alpha value is -0.580. The molecule has 2 rings (SSSR count). The van der Waals surface area contributed by atoms with Crippen LogP contribution in [-0.4, -0.2) is 31.7 Å². The molecule has 1 fully saturated rings. The zero-order valence-corrected chi connectivity index (χ0v) is 13.1. The van der Waals surface area contributed by atoms with Crippen molar-refractivity contribution >= 4 is 21.6 Å². The van der Waals surface area contributed by atoms with Crippen LogP contribution >= 0.6 is 11.6 Å². The Labute approximate surface area is 120 Å². The van der Waals surface area contributed by atoms with Gasteiger partial charge < -0.3 is 0 Å². The van der Waals surface area contributed by atoms with Crippen LogP contribution in [0.15, 0.2) is 23.1 Å². The van der Waals surface area contributed by atoms with Crippen LogP contribution in [0.1, 0.15) is 24.0 Å². The maximum Gasteiger partial charge on any atom is 0.242 e. The number of nitrogens with zero attached hydrogens (tertiary/aromatic N) is 1. The third-order valence-corrected chi connectivity index (χ3v) is 6.06. The SMILES string of the molecule is Cc1ccc(S(=O)(=O)N(C)CC2CC(Cl)C2)cc1C. The highest BCUT2D eigenvalue weighted by molar-refractivity contribution is 7.89. The first kappa shape index (κ1) is 14.8. The van der Waals surface area contributed by atoms with Crippen molar-refractivity contribution in [1.82, 2.24) is 4.31 Å². The number of hydrogen-bond acceptors (Lipinski definition) is 2. The normalized spacial score (nSPS) is 23.4. The van der Waals surface area contributed by atoms with E-state index < -0.39 is 10.0 Å². The molecule has 0 aliphatic heterocycles. The molecule has 0 radical (unpaired) electrons. The van der Waals surface area contributed by atoms with Crippen molar-refractivity contribution in [3.8, 4) is 0 Å². The molecule has 0 amide bonds. The van der Waals surface area contributed by atoms with E-state index in [1.807, 2.05) is 19.9 Å². The van der Waals surface area contributed by atoms with Crippen molar-refractivity contribution in [2.75, 3.05) is 13.6 Å². The lowest BCUT2D eigenvalue weighted by atomic mass is 9.85. The third-order valence-electron chi connectivity index (χ3n) is 3.88. The van der Waals surface area contributed by atoms with Crippen molar-refractivity contribution in [1.29, 1.82) is 0 Å². The Balaban J connectivity index is 2.14. The summed E-state index contributed by atoms with van der Waals surface area (Å²) in [7, 11) is -1.73. The molecule has 0 bridgehead atoms. The number of alkyl halides is 1. The van der Waals surface area contributed by atoms with Crippen LogP contribution in [0.4, 0.5) is 0 Å². The molecule has 1 aliphatic carbocycles. The number of benzene rings is 1. The summed E-state index contributed by atoms with van der Waals surface area (Å²) in [5.74, 6) is 0.397. The van der Waals surface area contributed by atoms with Crippen LogP contribution in [0.3, 0.4) is 0 Å². The molecule has 3 nitrogen and oxygen atoms in total. The summed E-state index contributed by atoms with van der Waals surface area (Å²) in [6.07, 6.45) is 1.82. The minimum atomic E-state index is -3.38. The molecule has 106 valence electrons. The number of rotatable bonds is 4. The Morgan fingerprint density at radius 1 is 1.26 bits per heavy atom. The van der Waals surface area contributed by atoms with Gasteiger partial charge in [0.2, 0.25) is 10.0 Å². The fraction of sp³-hybridized carbons (Fsp3) is 0.571. The zero-order chi connectivity index (χ0) is 14.2. The van der Waals surface area contributed by atoms with Crippen molar-refractivity contribution in [2.24, 2.45) is 5.92 Å². The van der Waals surface area contributed by atoms with Gasteiger partial charge in [-0.2, -0.15) is 0 Å². The first-order valence-electron chi connectivity index (χ1n) is 6.48. The van der Waals surface area contributed by atoms with Gasteiger partial charge in [0.1, 0.15) is 0 Å². The van der Waals surface area contributed by atoms with Crippen LogP contribution < -0.4 is 0 Å². The average Bonchev–Trinajstić information content (AvgIpc) is 2.30. The molecule has 0 unspecified atom stereocenters. The number of hydrogen-bond donors (Lipinski definition) is 0. The first-order chi connectivity index (χ1) is 8.80. The quantitative estimate of drug-likeness (QED) is 0.802. The smallest absolute Gasteiger partial charge is 0.207 e. The second-order valence-corrected chi connectivity index (χ2v) is 8.13. The van der Waals surface area contributed by atoms with E-state index in [-0.39, 0.29) is 5.38 Å². The Morgan fingerprint density at radius 3 is 2.42 bits per heavy atom. The van der Waals surface area contributed by atoms with Crippen LogP contribution in [-0.2, 0) is 10.0 Å². The average molecular weight is 302 g/mol. The fourth-order valence-electron chi connectivity index (χ4n) is 2.32. The van der Waals surface area contributed by atoms with Crippen LogP contribution in [0.2, 0.25) is 0 Å². The second-order valence-electron chi connectivity index (χ2n) is 5.47. The van der Waals surface area contributed by atoms with Crippen molar-refractivity contribution < 1.29 is 8.42 Å². The highest BCUT2D eigenvalue weighted by Gasteiger charge is 2.31. The maximum absolute atomic E-state index is 12.4. The minimum absolute atomic E-state index is 0.225. The van der Waals surface area contributed by atoms with Gasteiger partial charge in [0, 0.05) is 19.0 Å². The molecule has 1 aromatic rings. The van der Waals surface area contributed by atoms with E-state index in [0.717, 1.165) is 24.0 Å². The standard InChI is InChI=1S/C14H20ClNO2S/c1-10-4-5-14(6-11(10)2)19(17,18)16(3)9-12-7-13(15)8-12/h4-6,12-13H,7-9H2,1-3H3. The molecular weight excluding hydrogens is 282 g/mol. The Bertz CT molecular complexity index is 565. The molecule has 0 atom stereocenters. The Morgan fingerprint density at radius 2 is 1.89 bits per heavy atom. The van der Waals surface area contributed by atoms with E-state index in [4.69, 9.17) is 11.6 Å². The van der Waals surface area contributed by atoms with Gasteiger partial charge in [-0.25, -0.2) is 12.7 Å². The second kappa shape index (κ2) is 5.43. The lowest BCUT2D eigenvalue weighted by Crippen LogP contribution is -2.37. The largest absolute Gasteiger partial charge is 0.242 e. The lowest BCUT2D eigenvalue weighted by Gasteiger charge is -2.33. The molecule has 1 aromatic carbocycles. The molecule has 0 heterocycles. The van der Waals surface area contributed by atoms with E-state index in [1.165, 1.54) is 4.31 Å². The topological polar surface area (TPSA) is 37.4 Å². The monoisotopic (exact) mass is 301 g/mol. The van der Waals surface area contributed by atoms with E-state index >= 15 is 0 Å². The van der Waals surface area contributed by atoms with Gasteiger partial charge in [-0.3, -0.25) is 0 Å². The lowest BCUT2D eigenvalue weighted by molar-refractivity contribution is 0.268. The summed E-state index contributed by atoms with van der Waals surface area (Å²) < 4.78 is 26.3. The number of aryl methyl sites for hydroxylation is 2. The maximum atomic E-state index is 12.4. The predicted octanol–water partition coefficient (Wildman–Crippen LogP) is 2.94. The van der Waals surface area contributed by atoms with Crippen LogP contribution in [0.25, 0.3) is 0 Å². The van der Waals surface area contributed by atoms with Gasteiger partial charge in [-0.05, 0) is 55.9 Å². The van der Waals surface area contributed by atoms with Gasteiger partial charge in [0.05, 0.1) is 4.90 Å². The van der Waals surface area contributed by atoms with Gasteiger partial charge in [0.15, 0.2) is 0 Å². The van der Waals surface area contributed by atoms with Crippen LogP contribution in [0, 0.1) is 19.8 Å². The molecule has 19 heavy (non-hydrogen) atoms. The van der Waals surface area contributed by atoms with Gasteiger partial charge in [-0.1, -0.05) is 6.07 Å². The van der Waals surface area contributed by atoms with E-state index in [2.05, 4.69) is 0 Å². The summed E-state index contributed by atoms with van der Waals surface area (Å²) in [6, 6.07) is 5.28. The molecule has 0 N–H and O–H groups in total.